The minimum atomic E-state index is -4.28. The van der Waals surface area contributed by atoms with Crippen LogP contribution < -0.4 is 0 Å². The molecule has 52 heavy (non-hydrogen) atoms. The molecule has 0 amide bonds. The van der Waals surface area contributed by atoms with E-state index >= 15 is 0 Å². The summed E-state index contributed by atoms with van der Waals surface area (Å²) in [6, 6.07) is 0. The molecule has 0 radical (unpaired) electrons. The molecule has 0 heterocycles. The van der Waals surface area contributed by atoms with Crippen molar-refractivity contribution < 1.29 is 37.3 Å². The summed E-state index contributed by atoms with van der Waals surface area (Å²) in [5, 5.41) is 0. The number of quaternary nitrogens is 1. The van der Waals surface area contributed by atoms with Gasteiger partial charge in [-0.2, -0.15) is 0 Å². The summed E-state index contributed by atoms with van der Waals surface area (Å²) in [6.07, 6.45) is 43.9. The van der Waals surface area contributed by atoms with E-state index in [4.69, 9.17) is 18.5 Å². The van der Waals surface area contributed by atoms with Crippen LogP contribution in [0, 0.1) is 0 Å². The Balaban J connectivity index is 4.35. The van der Waals surface area contributed by atoms with E-state index in [1.165, 1.54) is 32.1 Å². The van der Waals surface area contributed by atoms with Crippen LogP contribution in [0.2, 0.25) is 0 Å². The van der Waals surface area contributed by atoms with Crippen molar-refractivity contribution in [3.05, 3.63) is 60.8 Å². The molecule has 0 bridgehead atoms. The summed E-state index contributed by atoms with van der Waals surface area (Å²) < 4.78 is 34.9. The average Bonchev–Trinajstić information content (AvgIpc) is 3.09. The van der Waals surface area contributed by atoms with Crippen LogP contribution in [-0.2, 0) is 27.9 Å². The lowest BCUT2D eigenvalue weighted by Crippen LogP contribution is -2.37. The Kier molecular flexibility index (Phi) is 34.9. The molecule has 0 aromatic heterocycles. The molecule has 8 nitrogen and oxygen atoms in total. The molecule has 0 aliphatic rings. The highest BCUT2D eigenvalue weighted by atomic mass is 31.2. The molecule has 0 aromatic rings. The molecular formula is C43H79NO7P+. The van der Waals surface area contributed by atoms with Crippen LogP contribution in [0.25, 0.3) is 0 Å². The Labute approximate surface area is 320 Å². The quantitative estimate of drug-likeness (QED) is 0.0222. The van der Waals surface area contributed by atoms with Crippen LogP contribution in [0.15, 0.2) is 60.8 Å². The van der Waals surface area contributed by atoms with Crippen molar-refractivity contribution in [1.29, 1.82) is 0 Å². The molecule has 0 aliphatic carbocycles. The second-order valence-electron chi connectivity index (χ2n) is 14.6. The zero-order valence-electron chi connectivity index (χ0n) is 34.0. The number of phosphoric ester groups is 1. The van der Waals surface area contributed by atoms with Crippen molar-refractivity contribution in [3.8, 4) is 0 Å². The monoisotopic (exact) mass is 753 g/mol. The Morgan fingerprint density at radius 3 is 1.67 bits per heavy atom. The number of likely N-dealkylation sites (N-methyl/N-ethyl adjacent to an activating group) is 1. The molecule has 2 atom stereocenters. The highest BCUT2D eigenvalue weighted by Gasteiger charge is 2.26. The van der Waals surface area contributed by atoms with Crippen LogP contribution in [-0.4, -0.2) is 75.6 Å². The zero-order valence-corrected chi connectivity index (χ0v) is 34.9. The summed E-state index contributed by atoms with van der Waals surface area (Å²) in [4.78, 5) is 22.8. The first-order valence-corrected chi connectivity index (χ1v) is 22.0. The zero-order chi connectivity index (χ0) is 38.4. The molecular weight excluding hydrogens is 673 g/mol. The highest BCUT2D eigenvalue weighted by Crippen LogP contribution is 2.43. The molecule has 2 unspecified atom stereocenters. The second kappa shape index (κ2) is 36.2. The van der Waals surface area contributed by atoms with E-state index in [9.17, 15) is 14.3 Å². The van der Waals surface area contributed by atoms with Gasteiger partial charge in [0.25, 0.3) is 0 Å². The maximum absolute atomic E-state index is 12.7. The molecule has 1 N–H and O–H groups in total. The maximum Gasteiger partial charge on any atom is 0.472 e. The van der Waals surface area contributed by atoms with E-state index in [0.29, 0.717) is 24.1 Å². The van der Waals surface area contributed by atoms with E-state index < -0.39 is 13.9 Å². The van der Waals surface area contributed by atoms with Crippen LogP contribution in [0.4, 0.5) is 0 Å². The normalized spacial score (nSPS) is 14.5. The number of carbonyl (C=O) groups is 1. The third kappa shape index (κ3) is 39.4. The van der Waals surface area contributed by atoms with E-state index in [0.717, 1.165) is 96.3 Å². The molecule has 302 valence electrons. The number of allylic oxidation sites excluding steroid dienone is 10. The summed E-state index contributed by atoms with van der Waals surface area (Å²) in [5.41, 5.74) is 0. The van der Waals surface area contributed by atoms with Crippen molar-refractivity contribution in [2.45, 2.75) is 155 Å². The number of hydrogen-bond donors (Lipinski definition) is 1. The number of rotatable bonds is 37. The number of hydrogen-bond acceptors (Lipinski definition) is 6. The highest BCUT2D eigenvalue weighted by molar-refractivity contribution is 7.47. The summed E-state index contributed by atoms with van der Waals surface area (Å²) in [6.45, 7) is 5.40. The van der Waals surface area contributed by atoms with E-state index in [1.54, 1.807) is 0 Å². The minimum Gasteiger partial charge on any atom is -0.457 e. The number of nitrogens with zero attached hydrogens (tertiary/aromatic N) is 1. The fourth-order valence-electron chi connectivity index (χ4n) is 5.12. The molecule has 0 saturated carbocycles. The fourth-order valence-corrected chi connectivity index (χ4v) is 5.87. The number of esters is 1. The molecule has 0 aliphatic heterocycles. The van der Waals surface area contributed by atoms with E-state index in [1.807, 2.05) is 21.1 Å². The van der Waals surface area contributed by atoms with Gasteiger partial charge < -0.3 is 18.9 Å². The predicted octanol–water partition coefficient (Wildman–Crippen LogP) is 11.8. The van der Waals surface area contributed by atoms with Gasteiger partial charge in [0.15, 0.2) is 0 Å². The van der Waals surface area contributed by atoms with Gasteiger partial charge in [0.05, 0.1) is 34.4 Å². The van der Waals surface area contributed by atoms with Crippen LogP contribution in [0.3, 0.4) is 0 Å². The van der Waals surface area contributed by atoms with Gasteiger partial charge in [0.2, 0.25) is 0 Å². The van der Waals surface area contributed by atoms with Gasteiger partial charge in [-0.15, -0.1) is 0 Å². The van der Waals surface area contributed by atoms with Crippen molar-refractivity contribution in [2.24, 2.45) is 0 Å². The molecule has 0 spiro atoms. The maximum atomic E-state index is 12.7. The molecule has 0 fully saturated rings. The first-order chi connectivity index (χ1) is 25.1. The van der Waals surface area contributed by atoms with E-state index in [2.05, 4.69) is 74.6 Å². The van der Waals surface area contributed by atoms with E-state index in [-0.39, 0.29) is 25.8 Å². The van der Waals surface area contributed by atoms with Gasteiger partial charge in [-0.25, -0.2) is 4.57 Å². The predicted molar refractivity (Wildman–Crippen MR) is 219 cm³/mol. The van der Waals surface area contributed by atoms with Crippen LogP contribution in [0.5, 0.6) is 0 Å². The summed E-state index contributed by atoms with van der Waals surface area (Å²) >= 11 is 0. The number of carbonyl (C=O) groups excluding carboxylic acids is 1. The Morgan fingerprint density at radius 1 is 0.615 bits per heavy atom. The Hall–Kier alpha value is -1.80. The van der Waals surface area contributed by atoms with Crippen molar-refractivity contribution in [3.63, 3.8) is 0 Å². The minimum absolute atomic E-state index is 0.0783. The van der Waals surface area contributed by atoms with Gasteiger partial charge in [0, 0.05) is 13.0 Å². The Bertz CT molecular complexity index is 1020. The van der Waals surface area contributed by atoms with Crippen molar-refractivity contribution in [2.75, 3.05) is 54.1 Å². The lowest BCUT2D eigenvalue weighted by atomic mass is 10.1. The van der Waals surface area contributed by atoms with Gasteiger partial charge in [-0.3, -0.25) is 13.8 Å². The Morgan fingerprint density at radius 2 is 1.12 bits per heavy atom. The smallest absolute Gasteiger partial charge is 0.457 e. The summed E-state index contributed by atoms with van der Waals surface area (Å²) in [5.74, 6) is -0.339. The topological polar surface area (TPSA) is 91.3 Å². The van der Waals surface area contributed by atoms with Crippen molar-refractivity contribution >= 4 is 13.8 Å². The number of ether oxygens (including phenoxy) is 2. The van der Waals surface area contributed by atoms with Gasteiger partial charge in [0.1, 0.15) is 19.3 Å². The number of phosphoric acid groups is 1. The lowest BCUT2D eigenvalue weighted by molar-refractivity contribution is -0.870. The average molecular weight is 753 g/mol. The largest absolute Gasteiger partial charge is 0.472 e. The van der Waals surface area contributed by atoms with Crippen LogP contribution >= 0.6 is 7.82 Å². The number of unbranched alkanes of at least 4 members (excludes halogenated alkanes) is 13. The molecule has 9 heteroatoms. The van der Waals surface area contributed by atoms with Gasteiger partial charge in [-0.05, 0) is 77.0 Å². The lowest BCUT2D eigenvalue weighted by Gasteiger charge is -2.24. The molecule has 0 aromatic carbocycles. The molecule has 0 rings (SSSR count). The van der Waals surface area contributed by atoms with Gasteiger partial charge >= 0.3 is 13.8 Å². The van der Waals surface area contributed by atoms with Crippen LogP contribution in [0.1, 0.15) is 149 Å². The fraction of sp³-hybridized carbons (Fsp3) is 0.744. The van der Waals surface area contributed by atoms with Crippen molar-refractivity contribution in [1.82, 2.24) is 0 Å². The first-order valence-electron chi connectivity index (χ1n) is 20.5. The standard InChI is InChI=1S/C43H78NO7P/c1-6-8-10-12-14-16-18-20-22-23-24-26-28-30-32-34-36-43(45)51-42(41-50-52(46,47)49-39-37-44(3,4)5)40-48-38-35-33-31-29-27-25-21-19-17-15-13-11-9-7-2/h9,11,15-18,21-23,25,42H,6-8,10,12-14,19-20,24,26-41H2,1-5H3/p+1/b11-9-,17-15-,18-16-,23-22-,25-21-. The third-order valence-electron chi connectivity index (χ3n) is 8.31. The second-order valence-corrected chi connectivity index (χ2v) is 16.1. The van der Waals surface area contributed by atoms with Gasteiger partial charge in [-0.1, -0.05) is 126 Å². The first kappa shape index (κ1) is 50.2. The summed E-state index contributed by atoms with van der Waals surface area (Å²) in [7, 11) is 1.63. The SMILES string of the molecule is CC/C=C\C/C=C\C/C=C\CCCCCCOCC(COP(=O)(O)OCC[N+](C)(C)C)OC(=O)CCCCCCC/C=C\C/C=C\CCCCCC. The molecule has 0 saturated heterocycles. The third-order valence-corrected chi connectivity index (χ3v) is 9.30.